The first-order valence-corrected chi connectivity index (χ1v) is 49.3. The molecule has 1 fully saturated rings. The van der Waals surface area contributed by atoms with Crippen LogP contribution in [0.1, 0.15) is 389 Å². The molecule has 1 rings (SSSR count). The van der Waals surface area contributed by atoms with E-state index in [9.17, 15) is 57.9 Å². The van der Waals surface area contributed by atoms with Gasteiger partial charge in [0, 0.05) is 39.1 Å². The summed E-state index contributed by atoms with van der Waals surface area (Å²) in [7, 11) is -9.77. The molecule has 117 heavy (non-hydrogen) atoms. The van der Waals surface area contributed by atoms with Crippen molar-refractivity contribution in [1.29, 1.82) is 0 Å². The lowest BCUT2D eigenvalue weighted by Gasteiger charge is -2.23. The molecule has 0 bridgehead atoms. The average molecular weight is 1710 g/mol. The quantitative estimate of drug-likeness (QED) is 0.0121. The van der Waals surface area contributed by atoms with Crippen LogP contribution in [-0.4, -0.2) is 176 Å². The van der Waals surface area contributed by atoms with Crippen LogP contribution in [0.2, 0.25) is 0 Å². The fourth-order valence-electron chi connectivity index (χ4n) is 13.7. The molecule has 0 radical (unpaired) electrons. The van der Waals surface area contributed by atoms with Gasteiger partial charge < -0.3 is 69.7 Å². The van der Waals surface area contributed by atoms with Crippen LogP contribution < -0.4 is 21.3 Å². The summed E-state index contributed by atoms with van der Waals surface area (Å²) in [4.78, 5) is 103. The maximum Gasteiger partial charge on any atom is 0.472 e. The van der Waals surface area contributed by atoms with Crippen LogP contribution in [0.15, 0.2) is 24.3 Å². The van der Waals surface area contributed by atoms with Gasteiger partial charge in [-0.15, -0.1) is 0 Å². The molecular formula is C89H168N4O22P2. The second-order valence-corrected chi connectivity index (χ2v) is 35.4. The largest absolute Gasteiger partial charge is 0.472 e. The summed E-state index contributed by atoms with van der Waals surface area (Å²) in [6.07, 6.45) is 50.1. The SMILES string of the molecule is CCCCCCC=CCCCC(=O)O[C@H](CCCCCCCCCCC)CC(=O)NC(COCC[C@H](O)CCCCCCC)COP(=O)(O)OCCNC(=O)[C@H]1OC(C)(C)O[C@H]1C(=O)NCCOP(=O)(O)OCC(COCC[C@H](O)CCCCCCC)NC(=O)C[C@@H](CCCCCCCCCCC)OC(=O)CCCC=CCCCCCC. The molecule has 0 aromatic carbocycles. The fourth-order valence-corrected chi connectivity index (χ4v) is 15.2. The molecule has 28 heteroatoms. The van der Waals surface area contributed by atoms with Gasteiger partial charge in [-0.2, -0.15) is 0 Å². The number of amides is 4. The molecule has 1 aliphatic rings. The van der Waals surface area contributed by atoms with Gasteiger partial charge in [-0.05, 0) is 117 Å². The molecule has 4 amide bonds. The highest BCUT2D eigenvalue weighted by molar-refractivity contribution is 7.47. The van der Waals surface area contributed by atoms with Crippen LogP contribution in [0.5, 0.6) is 0 Å². The van der Waals surface area contributed by atoms with Crippen molar-refractivity contribution in [1.82, 2.24) is 21.3 Å². The van der Waals surface area contributed by atoms with E-state index in [1.807, 2.05) is 0 Å². The van der Waals surface area contributed by atoms with Crippen molar-refractivity contribution in [2.45, 2.75) is 444 Å². The Morgan fingerprint density at radius 3 is 0.991 bits per heavy atom. The molecule has 0 spiro atoms. The van der Waals surface area contributed by atoms with Crippen molar-refractivity contribution in [2.75, 3.05) is 65.9 Å². The first-order valence-electron chi connectivity index (χ1n) is 46.4. The first kappa shape index (κ1) is 111. The second-order valence-electron chi connectivity index (χ2n) is 32.5. The molecule has 686 valence electrons. The predicted molar refractivity (Wildman–Crippen MR) is 463 cm³/mol. The minimum Gasteiger partial charge on any atom is -0.462 e. The molecule has 10 atom stereocenters. The van der Waals surface area contributed by atoms with Gasteiger partial charge in [-0.1, -0.05) is 271 Å². The van der Waals surface area contributed by atoms with Crippen molar-refractivity contribution in [3.8, 4) is 0 Å². The second kappa shape index (κ2) is 74.9. The molecule has 1 saturated heterocycles. The lowest BCUT2D eigenvalue weighted by atomic mass is 10.0. The molecule has 1 heterocycles. The number of phosphoric ester groups is 2. The number of rotatable bonds is 84. The molecule has 1 aliphatic heterocycles. The van der Waals surface area contributed by atoms with Gasteiger partial charge in [0.25, 0.3) is 11.8 Å². The van der Waals surface area contributed by atoms with Crippen LogP contribution in [0, 0.1) is 0 Å². The van der Waals surface area contributed by atoms with E-state index in [1.165, 1.54) is 104 Å². The molecular weight excluding hydrogens is 1540 g/mol. The Morgan fingerprint density at radius 2 is 0.667 bits per heavy atom. The highest BCUT2D eigenvalue weighted by atomic mass is 31.2. The number of nitrogens with one attached hydrogen (secondary N) is 4. The van der Waals surface area contributed by atoms with E-state index in [2.05, 4.69) is 87.1 Å². The van der Waals surface area contributed by atoms with Gasteiger partial charge in [0.15, 0.2) is 18.0 Å². The fraction of sp³-hybridized carbons (Fsp3) is 0.888. The van der Waals surface area contributed by atoms with E-state index in [0.717, 1.165) is 167 Å². The zero-order valence-electron chi connectivity index (χ0n) is 74.3. The van der Waals surface area contributed by atoms with Crippen LogP contribution >= 0.6 is 15.6 Å². The highest BCUT2D eigenvalue weighted by Gasteiger charge is 2.49. The van der Waals surface area contributed by atoms with E-state index in [4.69, 9.17) is 46.5 Å². The number of ether oxygens (including phenoxy) is 6. The third-order valence-corrected chi connectivity index (χ3v) is 22.6. The molecule has 0 saturated carbocycles. The average Bonchev–Trinajstić information content (AvgIpc) is 1.66. The maximum atomic E-state index is 13.9. The van der Waals surface area contributed by atoms with E-state index >= 15 is 0 Å². The summed E-state index contributed by atoms with van der Waals surface area (Å²) in [5, 5.41) is 32.1. The zero-order valence-corrected chi connectivity index (χ0v) is 76.1. The van der Waals surface area contributed by atoms with Crippen LogP contribution in [0.4, 0.5) is 0 Å². The summed E-state index contributed by atoms with van der Waals surface area (Å²) in [6.45, 7) is 13.0. The summed E-state index contributed by atoms with van der Waals surface area (Å²) < 4.78 is 83.5. The Balaban J connectivity index is 3.11. The summed E-state index contributed by atoms with van der Waals surface area (Å²) in [5.74, 6) is -4.88. The number of hydrogen-bond donors (Lipinski definition) is 8. The summed E-state index contributed by atoms with van der Waals surface area (Å²) in [6, 6.07) is -1.97. The van der Waals surface area contributed by atoms with Gasteiger partial charge in [0.1, 0.15) is 12.2 Å². The summed E-state index contributed by atoms with van der Waals surface area (Å²) in [5.41, 5.74) is 0. The van der Waals surface area contributed by atoms with Crippen LogP contribution in [0.3, 0.4) is 0 Å². The van der Waals surface area contributed by atoms with Crippen molar-refractivity contribution < 1.29 is 104 Å². The molecule has 0 aromatic heterocycles. The van der Waals surface area contributed by atoms with Crippen molar-refractivity contribution in [2.24, 2.45) is 0 Å². The van der Waals surface area contributed by atoms with Gasteiger partial charge in [0.2, 0.25) is 11.8 Å². The highest BCUT2D eigenvalue weighted by Crippen LogP contribution is 2.44. The van der Waals surface area contributed by atoms with Crippen molar-refractivity contribution in [3.63, 3.8) is 0 Å². The number of carbonyl (C=O) groups is 6. The minimum atomic E-state index is -4.88. The molecule has 0 aromatic rings. The van der Waals surface area contributed by atoms with Gasteiger partial charge in [0.05, 0.1) is 76.8 Å². The van der Waals surface area contributed by atoms with E-state index in [1.54, 1.807) is 0 Å². The smallest absolute Gasteiger partial charge is 0.462 e. The Morgan fingerprint density at radius 1 is 0.376 bits per heavy atom. The number of phosphoric acid groups is 2. The van der Waals surface area contributed by atoms with E-state index < -0.39 is 120 Å². The lowest BCUT2D eigenvalue weighted by molar-refractivity contribution is -0.159. The van der Waals surface area contributed by atoms with Gasteiger partial charge in [-0.3, -0.25) is 46.9 Å². The third kappa shape index (κ3) is 67.5. The maximum absolute atomic E-state index is 13.9. The van der Waals surface area contributed by atoms with E-state index in [0.29, 0.717) is 51.4 Å². The number of allylic oxidation sites excluding steroid dienone is 4. The number of unbranched alkanes of at least 4 members (excludes halogenated alkanes) is 34. The molecule has 4 unspecified atom stereocenters. The molecule has 26 nitrogen and oxygen atoms in total. The number of aliphatic hydroxyl groups excluding tert-OH is 2. The Bertz CT molecular complexity index is 2460. The topological polar surface area (TPSA) is 358 Å². The Kier molecular flexibility index (Phi) is 71.2. The summed E-state index contributed by atoms with van der Waals surface area (Å²) >= 11 is 0. The van der Waals surface area contributed by atoms with Gasteiger partial charge >= 0.3 is 27.6 Å². The molecule has 0 aliphatic carbocycles. The number of aliphatic hydroxyl groups is 2. The Labute approximate surface area is 707 Å². The standard InChI is InChI=1S/C89H168N4O22P2/c1-9-15-21-27-31-35-39-45-51-57-79(112-83(98)59-53-47-41-37-33-29-23-17-11-3)69-81(96)92-75(71-106-65-61-77(94)55-49-43-25-19-13-5)73-110-116(102,103)108-67-63-90-87(100)85-86(115-89(7,8)114-85)88(101)91-64-68-109-117(104,105)111-74-76(72-107-66-62-78(95)56-50-44-26-20-14-6)93-82(97)70-80(58-52-46-40-36-32-28-22-16-10-2)113-84(99)60-54-48-42-38-34-30-24-18-12-4/h37-38,41-42,75-80,85-86,94-95H,9-36,39-40,43-74H2,1-8H3,(H,90,100)(H,91,101)(H,92,96)(H,93,97)(H,102,103)(H,104,105)/t75?,76?,77-,78-,79-,80-,85-,86+/m1/s1. The number of hydrogen-bond acceptors (Lipinski definition) is 20. The molecule has 8 N–H and O–H groups in total. The van der Waals surface area contributed by atoms with Gasteiger partial charge in [-0.25, -0.2) is 9.13 Å². The van der Waals surface area contributed by atoms with Crippen LogP contribution in [-0.2, 0) is 84.4 Å². The first-order chi connectivity index (χ1) is 56.4. The predicted octanol–water partition coefficient (Wildman–Crippen LogP) is 19.1. The minimum absolute atomic E-state index is 0.133. The zero-order chi connectivity index (χ0) is 86.2. The van der Waals surface area contributed by atoms with E-state index in [-0.39, 0.29) is 77.1 Å². The Hall–Kier alpha value is -3.72. The lowest BCUT2D eigenvalue weighted by Crippen LogP contribution is -2.48. The number of esters is 2. The normalized spacial score (nSPS) is 16.8. The van der Waals surface area contributed by atoms with Crippen molar-refractivity contribution in [3.05, 3.63) is 24.3 Å². The number of carbonyl (C=O) groups excluding carboxylic acids is 6. The third-order valence-electron chi connectivity index (χ3n) is 20.6. The van der Waals surface area contributed by atoms with Crippen LogP contribution in [0.25, 0.3) is 0 Å². The monoisotopic (exact) mass is 1710 g/mol. The van der Waals surface area contributed by atoms with Crippen molar-refractivity contribution >= 4 is 51.2 Å².